The number of aromatic nitrogens is 2. The van der Waals surface area contributed by atoms with Gasteiger partial charge in [0.15, 0.2) is 17.4 Å². The van der Waals surface area contributed by atoms with Gasteiger partial charge in [0.1, 0.15) is 0 Å². The summed E-state index contributed by atoms with van der Waals surface area (Å²) < 4.78 is 13.0. The SMILES string of the molecule is C=CCNc1nc(C(=O)OCC(=O)c2cc(C)n(CC3CCCO3)c2C)cs1. The van der Waals surface area contributed by atoms with Crippen molar-refractivity contribution in [3.8, 4) is 0 Å². The Kier molecular flexibility index (Phi) is 6.64. The van der Waals surface area contributed by atoms with Crippen LogP contribution in [0.1, 0.15) is 45.1 Å². The summed E-state index contributed by atoms with van der Waals surface area (Å²) in [5, 5.41) is 5.22. The van der Waals surface area contributed by atoms with Crippen LogP contribution in [-0.2, 0) is 16.0 Å². The Bertz CT molecular complexity index is 865. The maximum absolute atomic E-state index is 12.6. The number of thiazole rings is 1. The first-order valence-electron chi connectivity index (χ1n) is 9.28. The Morgan fingerprint density at radius 1 is 1.50 bits per heavy atom. The molecular weight excluding hydrogens is 378 g/mol. The summed E-state index contributed by atoms with van der Waals surface area (Å²) in [4.78, 5) is 28.9. The van der Waals surface area contributed by atoms with Gasteiger partial charge in [-0.05, 0) is 32.8 Å². The molecule has 0 radical (unpaired) electrons. The van der Waals surface area contributed by atoms with Gasteiger partial charge in [-0.2, -0.15) is 0 Å². The van der Waals surface area contributed by atoms with Gasteiger partial charge in [0.05, 0.1) is 6.10 Å². The number of carbonyl (C=O) groups excluding carboxylic acids is 2. The summed E-state index contributed by atoms with van der Waals surface area (Å²) in [5.74, 6) is -0.829. The van der Waals surface area contributed by atoms with E-state index in [-0.39, 0.29) is 24.2 Å². The van der Waals surface area contributed by atoms with Crippen LogP contribution in [0.2, 0.25) is 0 Å². The lowest BCUT2D eigenvalue weighted by Gasteiger charge is -2.14. The lowest BCUT2D eigenvalue weighted by Crippen LogP contribution is -2.18. The number of Topliss-reactive ketones (excluding diaryl/α,β-unsaturated/α-hetero) is 1. The third-order valence-corrected chi connectivity index (χ3v) is 5.53. The smallest absolute Gasteiger partial charge is 0.358 e. The van der Waals surface area contributed by atoms with Crippen molar-refractivity contribution in [3.63, 3.8) is 0 Å². The fourth-order valence-electron chi connectivity index (χ4n) is 3.25. The number of nitrogens with one attached hydrogen (secondary N) is 1. The van der Waals surface area contributed by atoms with Crippen LogP contribution >= 0.6 is 11.3 Å². The zero-order valence-electron chi connectivity index (χ0n) is 16.2. The van der Waals surface area contributed by atoms with Crippen LogP contribution < -0.4 is 5.32 Å². The molecule has 0 saturated carbocycles. The molecular formula is C20H25N3O4S. The molecule has 3 rings (SSSR count). The first-order valence-corrected chi connectivity index (χ1v) is 10.2. The Morgan fingerprint density at radius 3 is 3.04 bits per heavy atom. The molecule has 150 valence electrons. The van der Waals surface area contributed by atoms with Gasteiger partial charge in [-0.3, -0.25) is 4.79 Å². The van der Waals surface area contributed by atoms with Crippen LogP contribution in [0.4, 0.5) is 5.13 Å². The maximum atomic E-state index is 12.6. The van der Waals surface area contributed by atoms with E-state index in [1.807, 2.05) is 19.9 Å². The molecule has 2 aromatic heterocycles. The molecule has 0 spiro atoms. The second-order valence-electron chi connectivity index (χ2n) is 6.74. The molecule has 1 aliphatic rings. The van der Waals surface area contributed by atoms with Crippen LogP contribution in [0, 0.1) is 13.8 Å². The molecule has 0 aliphatic carbocycles. The van der Waals surface area contributed by atoms with Crippen LogP contribution in [0.15, 0.2) is 24.1 Å². The molecule has 1 N–H and O–H groups in total. The molecule has 1 aliphatic heterocycles. The Balaban J connectivity index is 1.59. The Labute approximate surface area is 168 Å². The second kappa shape index (κ2) is 9.16. The van der Waals surface area contributed by atoms with E-state index in [1.165, 1.54) is 11.3 Å². The molecule has 8 heteroatoms. The predicted octanol–water partition coefficient (Wildman–Crippen LogP) is 3.38. The number of anilines is 1. The number of hydrogen-bond acceptors (Lipinski definition) is 7. The van der Waals surface area contributed by atoms with E-state index in [0.29, 0.717) is 17.2 Å². The monoisotopic (exact) mass is 403 g/mol. The lowest BCUT2D eigenvalue weighted by molar-refractivity contribution is 0.0469. The van der Waals surface area contributed by atoms with E-state index in [9.17, 15) is 9.59 Å². The van der Waals surface area contributed by atoms with Crippen molar-refractivity contribution in [1.29, 1.82) is 0 Å². The van der Waals surface area contributed by atoms with Crippen molar-refractivity contribution in [2.45, 2.75) is 39.3 Å². The molecule has 1 unspecified atom stereocenters. The molecule has 1 fully saturated rings. The minimum Gasteiger partial charge on any atom is -0.453 e. The average molecular weight is 404 g/mol. The van der Waals surface area contributed by atoms with Crippen LogP contribution in [0.3, 0.4) is 0 Å². The highest BCUT2D eigenvalue weighted by Gasteiger charge is 2.22. The molecule has 28 heavy (non-hydrogen) atoms. The second-order valence-corrected chi connectivity index (χ2v) is 7.60. The topological polar surface area (TPSA) is 82.5 Å². The van der Waals surface area contributed by atoms with Crippen molar-refractivity contribution in [2.24, 2.45) is 0 Å². The fraction of sp³-hybridized carbons (Fsp3) is 0.450. The van der Waals surface area contributed by atoms with Gasteiger partial charge in [0.2, 0.25) is 5.78 Å². The highest BCUT2D eigenvalue weighted by molar-refractivity contribution is 7.13. The van der Waals surface area contributed by atoms with Crippen molar-refractivity contribution >= 4 is 28.2 Å². The quantitative estimate of drug-likeness (QED) is 0.393. The highest BCUT2D eigenvalue weighted by atomic mass is 32.1. The molecule has 0 aromatic carbocycles. The molecule has 3 heterocycles. The van der Waals surface area contributed by atoms with Gasteiger partial charge in [-0.1, -0.05) is 6.08 Å². The van der Waals surface area contributed by atoms with Gasteiger partial charge in [0.25, 0.3) is 0 Å². The highest BCUT2D eigenvalue weighted by Crippen LogP contribution is 2.21. The van der Waals surface area contributed by atoms with Gasteiger partial charge in [-0.15, -0.1) is 17.9 Å². The van der Waals surface area contributed by atoms with Crippen molar-refractivity contribution in [3.05, 3.63) is 46.7 Å². The number of carbonyl (C=O) groups is 2. The lowest BCUT2D eigenvalue weighted by atomic mass is 10.1. The number of rotatable bonds is 9. The number of aryl methyl sites for hydroxylation is 1. The number of nitrogens with zero attached hydrogens (tertiary/aromatic N) is 2. The number of esters is 1. The van der Waals surface area contributed by atoms with E-state index >= 15 is 0 Å². The van der Waals surface area contributed by atoms with Crippen LogP contribution in [-0.4, -0.2) is 47.2 Å². The minimum absolute atomic E-state index is 0.188. The largest absolute Gasteiger partial charge is 0.453 e. The summed E-state index contributed by atoms with van der Waals surface area (Å²) in [6.07, 6.45) is 4.01. The summed E-state index contributed by atoms with van der Waals surface area (Å²) in [6.45, 7) is 9.28. The Morgan fingerprint density at radius 2 is 2.32 bits per heavy atom. The predicted molar refractivity (Wildman–Crippen MR) is 108 cm³/mol. The number of hydrogen-bond donors (Lipinski definition) is 1. The summed E-state index contributed by atoms with van der Waals surface area (Å²) in [6, 6.07) is 1.85. The van der Waals surface area contributed by atoms with E-state index in [1.54, 1.807) is 11.5 Å². The molecule has 2 aromatic rings. The first kappa shape index (κ1) is 20.3. The van der Waals surface area contributed by atoms with Crippen molar-refractivity contribution in [2.75, 3.05) is 25.1 Å². The third-order valence-electron chi connectivity index (χ3n) is 4.73. The van der Waals surface area contributed by atoms with Gasteiger partial charge in [-0.25, -0.2) is 9.78 Å². The number of ether oxygens (including phenoxy) is 2. The van der Waals surface area contributed by atoms with E-state index in [2.05, 4.69) is 21.4 Å². The normalized spacial score (nSPS) is 16.1. The third kappa shape index (κ3) is 4.69. The average Bonchev–Trinajstić information content (AvgIpc) is 3.42. The van der Waals surface area contributed by atoms with E-state index in [4.69, 9.17) is 9.47 Å². The summed E-state index contributed by atoms with van der Waals surface area (Å²) in [7, 11) is 0. The van der Waals surface area contributed by atoms with Gasteiger partial charge < -0.3 is 19.4 Å². The van der Waals surface area contributed by atoms with Gasteiger partial charge >= 0.3 is 5.97 Å². The maximum Gasteiger partial charge on any atom is 0.358 e. The zero-order chi connectivity index (χ0) is 20.1. The summed E-state index contributed by atoms with van der Waals surface area (Å²) >= 11 is 1.30. The molecule has 7 nitrogen and oxygen atoms in total. The van der Waals surface area contributed by atoms with Crippen molar-refractivity contribution < 1.29 is 19.1 Å². The molecule has 1 atom stereocenters. The Hall–Kier alpha value is -2.45. The van der Waals surface area contributed by atoms with Crippen molar-refractivity contribution in [1.82, 2.24) is 9.55 Å². The van der Waals surface area contributed by atoms with Gasteiger partial charge in [0, 0.05) is 42.0 Å². The van der Waals surface area contributed by atoms with Crippen LogP contribution in [0.5, 0.6) is 0 Å². The molecule has 0 bridgehead atoms. The fourth-order valence-corrected chi connectivity index (χ4v) is 3.94. The standard InChI is InChI=1S/C20H25N3O4S/c1-4-7-21-20-22-17(12-28-20)19(25)27-11-18(24)16-9-13(2)23(14(16)3)10-15-6-5-8-26-15/h4,9,12,15H,1,5-8,10-11H2,2-3H3,(H,21,22). The molecule has 1 saturated heterocycles. The molecule has 0 amide bonds. The van der Waals surface area contributed by atoms with E-state index in [0.717, 1.165) is 37.4 Å². The number of ketones is 1. The minimum atomic E-state index is -0.607. The zero-order valence-corrected chi connectivity index (χ0v) is 17.0. The van der Waals surface area contributed by atoms with Crippen LogP contribution in [0.25, 0.3) is 0 Å². The first-order chi connectivity index (χ1) is 13.5. The van der Waals surface area contributed by atoms with E-state index < -0.39 is 5.97 Å². The summed E-state index contributed by atoms with van der Waals surface area (Å²) in [5.41, 5.74) is 2.64.